The first-order valence-electron chi connectivity index (χ1n) is 6.42. The van der Waals surface area contributed by atoms with E-state index in [4.69, 9.17) is 4.74 Å². The largest absolute Gasteiger partial charge is 0.461 e. The van der Waals surface area contributed by atoms with Crippen LogP contribution in [0.1, 0.15) is 35.0 Å². The van der Waals surface area contributed by atoms with Gasteiger partial charge in [-0.3, -0.25) is 4.79 Å². The number of hydrogen-bond acceptors (Lipinski definition) is 4. The van der Waals surface area contributed by atoms with Crippen molar-refractivity contribution in [3.05, 3.63) is 42.6 Å². The third-order valence-electron chi connectivity index (χ3n) is 2.86. The molecule has 1 aromatic carbocycles. The zero-order valence-corrected chi connectivity index (χ0v) is 11.3. The second-order valence-electron chi connectivity index (χ2n) is 4.36. The van der Waals surface area contributed by atoms with Crippen molar-refractivity contribution < 1.29 is 14.3 Å². The Labute approximate surface area is 116 Å². The quantitative estimate of drug-likeness (QED) is 0.477. The van der Waals surface area contributed by atoms with Gasteiger partial charge in [-0.2, -0.15) is 9.78 Å². The molecule has 0 spiro atoms. The average Bonchev–Trinajstić information content (AvgIpc) is 2.83. The molecule has 1 heterocycles. The van der Waals surface area contributed by atoms with Crippen LogP contribution in [0.3, 0.4) is 0 Å². The van der Waals surface area contributed by atoms with Gasteiger partial charge in [-0.05, 0) is 18.9 Å². The maximum absolute atomic E-state index is 12.0. The third-order valence-corrected chi connectivity index (χ3v) is 2.86. The number of esters is 1. The molecule has 0 saturated heterocycles. The molecule has 20 heavy (non-hydrogen) atoms. The normalized spacial score (nSPS) is 10.4. The number of ether oxygens (including phenoxy) is 1. The molecule has 1 aromatic heterocycles. The van der Waals surface area contributed by atoms with E-state index in [-0.39, 0.29) is 11.6 Å². The number of carbonyl (C=O) groups is 2. The monoisotopic (exact) mass is 272 g/mol. The lowest BCUT2D eigenvalue weighted by Gasteiger charge is -2.01. The van der Waals surface area contributed by atoms with Crippen molar-refractivity contribution >= 4 is 22.8 Å². The Hall–Kier alpha value is -2.43. The second-order valence-corrected chi connectivity index (χ2v) is 4.36. The minimum absolute atomic E-state index is 0.175. The summed E-state index contributed by atoms with van der Waals surface area (Å²) in [5.41, 5.74) is 0.785. The van der Waals surface area contributed by atoms with E-state index >= 15 is 0 Å². The van der Waals surface area contributed by atoms with Crippen LogP contribution < -0.4 is 0 Å². The van der Waals surface area contributed by atoms with Crippen molar-refractivity contribution in [2.75, 3.05) is 6.61 Å². The van der Waals surface area contributed by atoms with Gasteiger partial charge in [0.2, 0.25) is 5.91 Å². The summed E-state index contributed by atoms with van der Waals surface area (Å²) in [6.07, 6.45) is 3.28. The highest BCUT2D eigenvalue weighted by molar-refractivity contribution is 6.04. The molecule has 0 N–H and O–H groups in total. The van der Waals surface area contributed by atoms with Crippen LogP contribution in [0.15, 0.2) is 36.9 Å². The minimum Gasteiger partial charge on any atom is -0.461 e. The number of para-hydroxylation sites is 1. The maximum atomic E-state index is 12.0. The highest BCUT2D eigenvalue weighted by atomic mass is 16.5. The van der Waals surface area contributed by atoms with E-state index in [0.717, 1.165) is 12.8 Å². The number of carbonyl (C=O) groups excluding carboxylic acids is 2. The molecule has 0 fully saturated rings. The highest BCUT2D eigenvalue weighted by Crippen LogP contribution is 2.19. The van der Waals surface area contributed by atoms with Crippen LogP contribution in [0.5, 0.6) is 0 Å². The third kappa shape index (κ3) is 2.77. The van der Waals surface area contributed by atoms with Crippen molar-refractivity contribution in [1.29, 1.82) is 0 Å². The topological polar surface area (TPSA) is 61.2 Å². The van der Waals surface area contributed by atoms with Crippen molar-refractivity contribution in [3.63, 3.8) is 0 Å². The molecule has 2 rings (SSSR count). The Morgan fingerprint density at radius 3 is 2.85 bits per heavy atom. The van der Waals surface area contributed by atoms with Crippen molar-refractivity contribution in [3.8, 4) is 0 Å². The van der Waals surface area contributed by atoms with E-state index < -0.39 is 5.97 Å². The van der Waals surface area contributed by atoms with Crippen LogP contribution >= 0.6 is 0 Å². The second kappa shape index (κ2) is 6.14. The number of allylic oxidation sites excluding steroid dienone is 1. The van der Waals surface area contributed by atoms with E-state index in [1.54, 1.807) is 30.3 Å². The average molecular weight is 272 g/mol. The molecule has 0 aliphatic carbocycles. The molecule has 5 heteroatoms. The molecule has 0 unspecified atom stereocenters. The van der Waals surface area contributed by atoms with Gasteiger partial charge in [-0.15, -0.1) is 6.58 Å². The smallest absolute Gasteiger partial charge is 0.359 e. The first-order chi connectivity index (χ1) is 9.65. The van der Waals surface area contributed by atoms with Crippen molar-refractivity contribution in [1.82, 2.24) is 9.78 Å². The number of aromatic nitrogens is 2. The fourth-order valence-electron chi connectivity index (χ4n) is 1.92. The number of fused-ring (bicyclic) bond motifs is 1. The molecule has 104 valence electrons. The fraction of sp³-hybridized carbons (Fsp3) is 0.267. The molecule has 0 saturated carbocycles. The molecule has 0 amide bonds. The molecule has 0 bridgehead atoms. The molecular weight excluding hydrogens is 256 g/mol. The molecule has 0 aliphatic rings. The SMILES string of the molecule is C=CCCCOC(=O)c1nn(C(C)=O)c2ccccc12. The van der Waals surface area contributed by atoms with Crippen molar-refractivity contribution in [2.24, 2.45) is 0 Å². The number of hydrogen-bond donors (Lipinski definition) is 0. The summed E-state index contributed by atoms with van der Waals surface area (Å²) in [5.74, 6) is -0.753. The maximum Gasteiger partial charge on any atom is 0.359 e. The van der Waals surface area contributed by atoms with Crippen LogP contribution in [0.4, 0.5) is 0 Å². The van der Waals surface area contributed by atoms with Gasteiger partial charge in [0.25, 0.3) is 0 Å². The zero-order chi connectivity index (χ0) is 14.5. The lowest BCUT2D eigenvalue weighted by molar-refractivity contribution is 0.0496. The number of nitrogens with zero attached hydrogens (tertiary/aromatic N) is 2. The summed E-state index contributed by atoms with van der Waals surface area (Å²) < 4.78 is 6.38. The van der Waals surface area contributed by atoms with Gasteiger partial charge in [0.15, 0.2) is 5.69 Å². The summed E-state index contributed by atoms with van der Waals surface area (Å²) in [6.45, 7) is 5.32. The number of rotatable bonds is 5. The number of benzene rings is 1. The van der Waals surface area contributed by atoms with E-state index in [1.165, 1.54) is 11.6 Å². The Kier molecular flexibility index (Phi) is 4.30. The predicted octanol–water partition coefficient (Wildman–Crippen LogP) is 2.82. The summed E-state index contributed by atoms with van der Waals surface area (Å²) >= 11 is 0. The van der Waals surface area contributed by atoms with Gasteiger partial charge in [0.05, 0.1) is 12.1 Å². The first-order valence-corrected chi connectivity index (χ1v) is 6.42. The Bertz CT molecular complexity index is 658. The van der Waals surface area contributed by atoms with Gasteiger partial charge in [0, 0.05) is 12.3 Å². The summed E-state index contributed by atoms with van der Waals surface area (Å²) in [7, 11) is 0. The lowest BCUT2D eigenvalue weighted by Crippen LogP contribution is -2.11. The van der Waals surface area contributed by atoms with E-state index in [9.17, 15) is 9.59 Å². The molecular formula is C15H16N2O3. The van der Waals surface area contributed by atoms with E-state index in [2.05, 4.69) is 11.7 Å². The predicted molar refractivity (Wildman–Crippen MR) is 75.7 cm³/mol. The molecule has 0 atom stereocenters. The minimum atomic E-state index is -0.509. The van der Waals surface area contributed by atoms with Crippen LogP contribution in [0, 0.1) is 0 Å². The molecule has 2 aromatic rings. The van der Waals surface area contributed by atoms with Crippen molar-refractivity contribution in [2.45, 2.75) is 19.8 Å². The molecule has 0 radical (unpaired) electrons. The molecule has 0 aliphatic heterocycles. The fourth-order valence-corrected chi connectivity index (χ4v) is 1.92. The summed E-state index contributed by atoms with van der Waals surface area (Å²) in [4.78, 5) is 23.6. The molecule has 5 nitrogen and oxygen atoms in total. The first kappa shape index (κ1) is 14.0. The van der Waals surface area contributed by atoms with Crippen LogP contribution in [-0.4, -0.2) is 28.3 Å². The Morgan fingerprint density at radius 2 is 2.15 bits per heavy atom. The van der Waals surface area contributed by atoms with E-state index in [0.29, 0.717) is 17.5 Å². The zero-order valence-electron chi connectivity index (χ0n) is 11.3. The summed E-state index contributed by atoms with van der Waals surface area (Å²) in [6, 6.07) is 7.09. The Balaban J connectivity index is 2.27. The van der Waals surface area contributed by atoms with Crippen LogP contribution in [0.2, 0.25) is 0 Å². The van der Waals surface area contributed by atoms with E-state index in [1.807, 2.05) is 0 Å². The standard InChI is InChI=1S/C15H16N2O3/c1-3-4-7-10-20-15(19)14-12-8-5-6-9-13(12)17(16-14)11(2)18/h3,5-6,8-9H,1,4,7,10H2,2H3. The van der Waals surface area contributed by atoms with Gasteiger partial charge < -0.3 is 4.74 Å². The van der Waals surface area contributed by atoms with Gasteiger partial charge in [-0.25, -0.2) is 4.79 Å². The van der Waals surface area contributed by atoms with Gasteiger partial charge >= 0.3 is 5.97 Å². The lowest BCUT2D eigenvalue weighted by atomic mass is 10.2. The van der Waals surface area contributed by atoms with Crippen LogP contribution in [-0.2, 0) is 4.74 Å². The van der Waals surface area contributed by atoms with Gasteiger partial charge in [0.1, 0.15) is 0 Å². The van der Waals surface area contributed by atoms with Crippen LogP contribution in [0.25, 0.3) is 10.9 Å². The summed E-state index contributed by atoms with van der Waals surface area (Å²) in [5, 5.41) is 4.68. The highest BCUT2D eigenvalue weighted by Gasteiger charge is 2.19. The Morgan fingerprint density at radius 1 is 1.40 bits per heavy atom. The van der Waals surface area contributed by atoms with Gasteiger partial charge in [-0.1, -0.05) is 24.3 Å². The number of unbranched alkanes of at least 4 members (excludes halogenated alkanes) is 1.